The molecule has 1 amide bonds. The fourth-order valence-corrected chi connectivity index (χ4v) is 5.28. The van der Waals surface area contributed by atoms with Crippen molar-refractivity contribution in [2.75, 3.05) is 26.2 Å². The number of carbonyl (C=O) groups is 1. The quantitative estimate of drug-likeness (QED) is 0.690. The van der Waals surface area contributed by atoms with E-state index in [9.17, 15) is 4.79 Å². The molecule has 2 saturated heterocycles. The van der Waals surface area contributed by atoms with Gasteiger partial charge in [0.25, 0.3) is 0 Å². The highest BCUT2D eigenvalue weighted by molar-refractivity contribution is 9.10. The van der Waals surface area contributed by atoms with Crippen LogP contribution in [0.1, 0.15) is 31.2 Å². The fraction of sp³-hybridized carbons (Fsp3) is 0.600. The first kappa shape index (κ1) is 18.9. The number of halogens is 1. The predicted octanol–water partition coefficient (Wildman–Crippen LogP) is 2.43. The van der Waals surface area contributed by atoms with Crippen LogP contribution in [-0.2, 0) is 11.2 Å². The Bertz CT molecular complexity index is 793. The van der Waals surface area contributed by atoms with Gasteiger partial charge in [-0.15, -0.1) is 0 Å². The van der Waals surface area contributed by atoms with Gasteiger partial charge in [0.1, 0.15) is 0 Å². The summed E-state index contributed by atoms with van der Waals surface area (Å²) in [4.78, 5) is 14.8. The summed E-state index contributed by atoms with van der Waals surface area (Å²) >= 11 is 3.56. The minimum Gasteiger partial charge on any atom is -0.341 e. The number of aromatic amines is 1. The third-order valence-corrected chi connectivity index (χ3v) is 6.86. The van der Waals surface area contributed by atoms with Gasteiger partial charge in [-0.25, -0.2) is 0 Å². The molecule has 3 heterocycles. The molecule has 2 aliphatic heterocycles. The molecule has 1 aromatic heterocycles. The maximum absolute atomic E-state index is 12.8. The van der Waals surface area contributed by atoms with Crippen LogP contribution in [0.4, 0.5) is 0 Å². The highest BCUT2D eigenvalue weighted by atomic mass is 79.9. The van der Waals surface area contributed by atoms with E-state index in [2.05, 4.69) is 37.5 Å². The molecule has 0 radical (unpaired) electrons. The van der Waals surface area contributed by atoms with Crippen molar-refractivity contribution >= 4 is 32.7 Å². The van der Waals surface area contributed by atoms with Gasteiger partial charge in [0, 0.05) is 22.9 Å². The zero-order valence-corrected chi connectivity index (χ0v) is 17.2. The van der Waals surface area contributed by atoms with E-state index < -0.39 is 6.04 Å². The molecule has 4 N–H and O–H groups in total. The maximum atomic E-state index is 12.8. The minimum atomic E-state index is -0.489. The number of hydrogen-bond donors (Lipinski definition) is 3. The molecule has 1 unspecified atom stereocenters. The number of rotatable bonds is 4. The van der Waals surface area contributed by atoms with Gasteiger partial charge in [-0.2, -0.15) is 5.10 Å². The molecular formula is C20H28BrN5O. The molecular weight excluding hydrogens is 406 g/mol. The van der Waals surface area contributed by atoms with Crippen LogP contribution in [0.2, 0.25) is 0 Å². The summed E-state index contributed by atoms with van der Waals surface area (Å²) in [5.41, 5.74) is 8.32. The summed E-state index contributed by atoms with van der Waals surface area (Å²) in [6.45, 7) is 3.99. The van der Waals surface area contributed by atoms with Crippen molar-refractivity contribution in [3.05, 3.63) is 28.4 Å². The molecule has 1 atom stereocenters. The zero-order chi connectivity index (χ0) is 18.8. The van der Waals surface area contributed by atoms with Gasteiger partial charge in [-0.1, -0.05) is 0 Å². The van der Waals surface area contributed by atoms with Gasteiger partial charge in [-0.3, -0.25) is 9.89 Å². The SMILES string of the molecule is NC(Cc1cc(Br)c2[nH]ncc2c1)C(=O)N1CCC(C2CCNCC2)CC1. The summed E-state index contributed by atoms with van der Waals surface area (Å²) in [5, 5.41) is 11.5. The van der Waals surface area contributed by atoms with E-state index in [0.29, 0.717) is 6.42 Å². The van der Waals surface area contributed by atoms with Gasteiger partial charge < -0.3 is 16.0 Å². The van der Waals surface area contributed by atoms with Crippen molar-refractivity contribution in [3.8, 4) is 0 Å². The molecule has 7 heteroatoms. The largest absolute Gasteiger partial charge is 0.341 e. The number of amides is 1. The number of fused-ring (bicyclic) bond motifs is 1. The third-order valence-electron chi connectivity index (χ3n) is 6.24. The van der Waals surface area contributed by atoms with E-state index in [1.54, 1.807) is 6.20 Å². The lowest BCUT2D eigenvalue weighted by Gasteiger charge is -2.38. The third kappa shape index (κ3) is 4.20. The predicted molar refractivity (Wildman–Crippen MR) is 110 cm³/mol. The Hall–Kier alpha value is -1.44. The fourth-order valence-electron chi connectivity index (χ4n) is 4.67. The number of carbonyl (C=O) groups excluding carboxylic acids is 1. The monoisotopic (exact) mass is 433 g/mol. The first-order valence-corrected chi connectivity index (χ1v) is 10.8. The standard InChI is InChI=1S/C20H28BrN5O/c21-17-10-13(9-16-12-24-25-19(16)17)11-18(22)20(27)26-7-3-15(4-8-26)14-1-5-23-6-2-14/h9-10,12,14-15,18,23H,1-8,11,22H2,(H,24,25). The lowest BCUT2D eigenvalue weighted by atomic mass is 9.79. The second-order valence-corrected chi connectivity index (χ2v) is 8.83. The average Bonchev–Trinajstić information content (AvgIpc) is 3.17. The van der Waals surface area contributed by atoms with Crippen molar-refractivity contribution < 1.29 is 4.79 Å². The molecule has 1 aromatic carbocycles. The van der Waals surface area contributed by atoms with Crippen molar-refractivity contribution in [1.29, 1.82) is 0 Å². The number of likely N-dealkylation sites (tertiary alicyclic amines) is 1. The molecule has 6 nitrogen and oxygen atoms in total. The Morgan fingerprint density at radius 2 is 1.93 bits per heavy atom. The topological polar surface area (TPSA) is 87.0 Å². The van der Waals surface area contributed by atoms with Crippen LogP contribution in [0.25, 0.3) is 10.9 Å². The normalized spacial score (nSPS) is 20.9. The Kier molecular flexibility index (Phi) is 5.80. The van der Waals surface area contributed by atoms with Crippen molar-refractivity contribution in [1.82, 2.24) is 20.4 Å². The highest BCUT2D eigenvalue weighted by Gasteiger charge is 2.30. The molecule has 27 heavy (non-hydrogen) atoms. The number of benzene rings is 1. The van der Waals surface area contributed by atoms with E-state index in [4.69, 9.17) is 5.73 Å². The Morgan fingerprint density at radius 3 is 2.67 bits per heavy atom. The van der Waals surface area contributed by atoms with Crippen LogP contribution < -0.4 is 11.1 Å². The van der Waals surface area contributed by atoms with E-state index in [1.165, 1.54) is 12.8 Å². The molecule has 146 valence electrons. The Balaban J connectivity index is 1.33. The number of hydrogen-bond acceptors (Lipinski definition) is 4. The summed E-state index contributed by atoms with van der Waals surface area (Å²) in [7, 11) is 0. The smallest absolute Gasteiger partial charge is 0.239 e. The first-order valence-electron chi connectivity index (χ1n) is 9.98. The van der Waals surface area contributed by atoms with E-state index in [0.717, 1.165) is 71.8 Å². The number of H-pyrrole nitrogens is 1. The van der Waals surface area contributed by atoms with E-state index in [-0.39, 0.29) is 5.91 Å². The molecule has 2 fully saturated rings. The summed E-state index contributed by atoms with van der Waals surface area (Å²) in [6, 6.07) is 3.59. The summed E-state index contributed by atoms with van der Waals surface area (Å²) in [5.74, 6) is 1.69. The lowest BCUT2D eigenvalue weighted by Crippen LogP contribution is -2.49. The summed E-state index contributed by atoms with van der Waals surface area (Å²) in [6.07, 6.45) is 7.15. The minimum absolute atomic E-state index is 0.0853. The molecule has 2 aliphatic rings. The van der Waals surface area contributed by atoms with Gasteiger partial charge in [0.15, 0.2) is 0 Å². The first-order chi connectivity index (χ1) is 13.1. The van der Waals surface area contributed by atoms with Gasteiger partial charge >= 0.3 is 0 Å². The van der Waals surface area contributed by atoms with Crippen LogP contribution in [0.5, 0.6) is 0 Å². The molecule has 0 bridgehead atoms. The second-order valence-electron chi connectivity index (χ2n) is 7.97. The number of nitrogens with zero attached hydrogens (tertiary/aromatic N) is 2. The average molecular weight is 434 g/mol. The van der Waals surface area contributed by atoms with Crippen LogP contribution in [0.15, 0.2) is 22.8 Å². The molecule has 2 aromatic rings. The molecule has 0 spiro atoms. The van der Waals surface area contributed by atoms with Crippen molar-refractivity contribution in [3.63, 3.8) is 0 Å². The lowest BCUT2D eigenvalue weighted by molar-refractivity contribution is -0.134. The van der Waals surface area contributed by atoms with E-state index >= 15 is 0 Å². The number of aromatic nitrogens is 2. The second kappa shape index (κ2) is 8.29. The highest BCUT2D eigenvalue weighted by Crippen LogP contribution is 2.31. The summed E-state index contributed by atoms with van der Waals surface area (Å²) < 4.78 is 0.954. The van der Waals surface area contributed by atoms with Crippen LogP contribution in [0, 0.1) is 11.8 Å². The van der Waals surface area contributed by atoms with Crippen LogP contribution in [-0.4, -0.2) is 53.2 Å². The Labute approximate surface area is 168 Å². The van der Waals surface area contributed by atoms with Crippen LogP contribution in [0.3, 0.4) is 0 Å². The van der Waals surface area contributed by atoms with Crippen LogP contribution >= 0.6 is 15.9 Å². The molecule has 0 saturated carbocycles. The van der Waals surface area contributed by atoms with Crippen molar-refractivity contribution in [2.45, 2.75) is 38.1 Å². The van der Waals surface area contributed by atoms with E-state index in [1.807, 2.05) is 11.0 Å². The van der Waals surface area contributed by atoms with Crippen molar-refractivity contribution in [2.24, 2.45) is 17.6 Å². The number of nitrogens with one attached hydrogen (secondary N) is 2. The number of piperidine rings is 2. The molecule has 4 rings (SSSR count). The Morgan fingerprint density at radius 1 is 1.22 bits per heavy atom. The zero-order valence-electron chi connectivity index (χ0n) is 15.6. The number of nitrogens with two attached hydrogens (primary N) is 1. The van der Waals surface area contributed by atoms with Gasteiger partial charge in [-0.05, 0) is 90.7 Å². The maximum Gasteiger partial charge on any atom is 0.239 e. The van der Waals surface area contributed by atoms with Gasteiger partial charge in [0.2, 0.25) is 5.91 Å². The van der Waals surface area contributed by atoms with Gasteiger partial charge in [0.05, 0.1) is 17.8 Å². The molecule has 0 aliphatic carbocycles.